The van der Waals surface area contributed by atoms with E-state index in [-0.39, 0.29) is 0 Å². The lowest BCUT2D eigenvalue weighted by atomic mass is 10.2. The molecule has 0 radical (unpaired) electrons. The lowest BCUT2D eigenvalue weighted by molar-refractivity contribution is 0.414. The van der Waals surface area contributed by atoms with E-state index in [1.165, 1.54) is 0 Å². The zero-order valence-electron chi connectivity index (χ0n) is 15.5. The van der Waals surface area contributed by atoms with Gasteiger partial charge in [0.2, 0.25) is 0 Å². The summed E-state index contributed by atoms with van der Waals surface area (Å²) < 4.78 is 7.18. The number of hydrogen-bond acceptors (Lipinski definition) is 6. The summed E-state index contributed by atoms with van der Waals surface area (Å²) in [5.74, 6) is 2.68. The van der Waals surface area contributed by atoms with Crippen LogP contribution in [0.1, 0.15) is 18.4 Å². The summed E-state index contributed by atoms with van der Waals surface area (Å²) in [5.41, 5.74) is 2.79. The number of benzene rings is 1. The van der Waals surface area contributed by atoms with Crippen LogP contribution >= 0.6 is 0 Å². The van der Waals surface area contributed by atoms with Gasteiger partial charge in [-0.15, -0.1) is 0 Å². The number of methoxy groups -OCH3 is 1. The maximum atomic E-state index is 5.26. The third-order valence-corrected chi connectivity index (χ3v) is 4.78. The van der Waals surface area contributed by atoms with E-state index < -0.39 is 0 Å². The van der Waals surface area contributed by atoms with E-state index in [4.69, 9.17) is 19.8 Å². The Morgan fingerprint density at radius 1 is 1.12 bits per heavy atom. The van der Waals surface area contributed by atoms with Gasteiger partial charge in [0.25, 0.3) is 0 Å². The first-order valence-electron chi connectivity index (χ1n) is 9.07. The van der Waals surface area contributed by atoms with Crippen molar-refractivity contribution >= 4 is 16.9 Å². The number of piperazine rings is 1. The van der Waals surface area contributed by atoms with Crippen molar-refractivity contribution in [2.75, 3.05) is 38.2 Å². The molecule has 0 spiro atoms. The van der Waals surface area contributed by atoms with E-state index in [0.717, 1.165) is 72.4 Å². The Bertz CT molecular complexity index is 912. The van der Waals surface area contributed by atoms with Gasteiger partial charge in [-0.25, -0.2) is 14.6 Å². The molecule has 7 nitrogen and oxygen atoms in total. The molecule has 1 saturated heterocycles. The summed E-state index contributed by atoms with van der Waals surface area (Å²) in [6, 6.07) is 7.89. The molecule has 1 aromatic carbocycles. The molecule has 136 valence electrons. The summed E-state index contributed by atoms with van der Waals surface area (Å²) in [6.07, 6.45) is 0.794. The molecule has 4 rings (SSSR count). The number of hydrogen-bond donors (Lipinski definition) is 1. The average Bonchev–Trinajstić information content (AvgIpc) is 3.04. The number of fused-ring (bicyclic) bond motifs is 1. The predicted octanol–water partition coefficient (Wildman–Crippen LogP) is 2.10. The topological polar surface area (TPSA) is 68.1 Å². The molecule has 0 saturated carbocycles. The largest absolute Gasteiger partial charge is 0.497 e. The first-order chi connectivity index (χ1) is 12.7. The van der Waals surface area contributed by atoms with Crippen LogP contribution in [0, 0.1) is 6.92 Å². The van der Waals surface area contributed by atoms with Gasteiger partial charge in [0.1, 0.15) is 17.4 Å². The van der Waals surface area contributed by atoms with Crippen LogP contribution in [-0.2, 0) is 6.42 Å². The van der Waals surface area contributed by atoms with Gasteiger partial charge in [-0.1, -0.05) is 6.92 Å². The molecular formula is C19H24N6O. The van der Waals surface area contributed by atoms with Crippen molar-refractivity contribution in [3.05, 3.63) is 35.8 Å². The van der Waals surface area contributed by atoms with Gasteiger partial charge in [-0.05, 0) is 31.2 Å². The van der Waals surface area contributed by atoms with Crippen LogP contribution in [0.25, 0.3) is 16.7 Å². The number of rotatable bonds is 4. The third kappa shape index (κ3) is 2.88. The molecule has 0 bridgehead atoms. The standard InChI is InChI=1S/C19H24N6O/c1-4-16-21-18(24-11-9-20-10-12-24)17-13(2)23-25(19(17)22-16)14-5-7-15(26-3)8-6-14/h5-8,20H,4,9-12H2,1-3H3. The summed E-state index contributed by atoms with van der Waals surface area (Å²) in [6.45, 7) is 7.95. The molecule has 0 atom stereocenters. The lowest BCUT2D eigenvalue weighted by Gasteiger charge is -2.29. The van der Waals surface area contributed by atoms with Crippen molar-refractivity contribution in [2.45, 2.75) is 20.3 Å². The van der Waals surface area contributed by atoms with E-state index in [0.29, 0.717) is 0 Å². The molecule has 3 aromatic rings. The molecular weight excluding hydrogens is 328 g/mol. The normalized spacial score (nSPS) is 14.8. The molecule has 0 amide bonds. The number of nitrogens with zero attached hydrogens (tertiary/aromatic N) is 5. The van der Waals surface area contributed by atoms with Crippen molar-refractivity contribution in [1.82, 2.24) is 25.1 Å². The summed E-state index contributed by atoms with van der Waals surface area (Å²) in [5, 5.41) is 9.22. The van der Waals surface area contributed by atoms with Gasteiger partial charge in [0, 0.05) is 32.6 Å². The van der Waals surface area contributed by atoms with Gasteiger partial charge in [0.15, 0.2) is 5.65 Å². The number of nitrogens with one attached hydrogen (secondary N) is 1. The van der Waals surface area contributed by atoms with Crippen molar-refractivity contribution in [3.63, 3.8) is 0 Å². The highest BCUT2D eigenvalue weighted by Gasteiger charge is 2.22. The quantitative estimate of drug-likeness (QED) is 0.776. The molecule has 1 aliphatic heterocycles. The van der Waals surface area contributed by atoms with Crippen LogP contribution in [0.2, 0.25) is 0 Å². The van der Waals surface area contributed by atoms with Crippen LogP contribution < -0.4 is 15.0 Å². The Morgan fingerprint density at radius 3 is 2.50 bits per heavy atom. The van der Waals surface area contributed by atoms with Crippen molar-refractivity contribution < 1.29 is 4.74 Å². The SMILES string of the molecule is CCc1nc(N2CCNCC2)c2c(C)nn(-c3ccc(OC)cc3)c2n1. The summed E-state index contributed by atoms with van der Waals surface area (Å²) >= 11 is 0. The Hall–Kier alpha value is -2.67. The first-order valence-corrected chi connectivity index (χ1v) is 9.07. The van der Waals surface area contributed by atoms with Gasteiger partial charge in [-0.3, -0.25) is 0 Å². The van der Waals surface area contributed by atoms with Gasteiger partial charge in [-0.2, -0.15) is 5.10 Å². The molecule has 2 aromatic heterocycles. The molecule has 0 aliphatic carbocycles. The molecule has 1 aliphatic rings. The summed E-state index contributed by atoms with van der Waals surface area (Å²) in [7, 11) is 1.67. The smallest absolute Gasteiger partial charge is 0.168 e. The highest BCUT2D eigenvalue weighted by Crippen LogP contribution is 2.29. The van der Waals surface area contributed by atoms with Gasteiger partial charge < -0.3 is 15.0 Å². The van der Waals surface area contributed by atoms with Crippen LogP contribution in [0.4, 0.5) is 5.82 Å². The fraction of sp³-hybridized carbons (Fsp3) is 0.421. The van der Waals surface area contributed by atoms with Crippen LogP contribution in [0.5, 0.6) is 5.75 Å². The maximum Gasteiger partial charge on any atom is 0.168 e. The second-order valence-electron chi connectivity index (χ2n) is 6.45. The van der Waals surface area contributed by atoms with Crippen LogP contribution in [0.3, 0.4) is 0 Å². The highest BCUT2D eigenvalue weighted by atomic mass is 16.5. The fourth-order valence-corrected chi connectivity index (χ4v) is 3.37. The Morgan fingerprint density at radius 2 is 1.85 bits per heavy atom. The van der Waals surface area contributed by atoms with E-state index in [9.17, 15) is 0 Å². The maximum absolute atomic E-state index is 5.26. The zero-order valence-corrected chi connectivity index (χ0v) is 15.5. The molecule has 3 heterocycles. The Balaban J connectivity index is 1.89. The van der Waals surface area contributed by atoms with Crippen molar-refractivity contribution in [2.24, 2.45) is 0 Å². The minimum Gasteiger partial charge on any atom is -0.497 e. The molecule has 1 N–H and O–H groups in total. The molecule has 26 heavy (non-hydrogen) atoms. The number of aryl methyl sites for hydroxylation is 2. The zero-order chi connectivity index (χ0) is 18.1. The average molecular weight is 352 g/mol. The second-order valence-corrected chi connectivity index (χ2v) is 6.45. The monoisotopic (exact) mass is 352 g/mol. The van der Waals surface area contributed by atoms with Crippen LogP contribution in [-0.4, -0.2) is 53.0 Å². The van der Waals surface area contributed by atoms with E-state index >= 15 is 0 Å². The minimum absolute atomic E-state index is 0.794. The third-order valence-electron chi connectivity index (χ3n) is 4.78. The van der Waals surface area contributed by atoms with Crippen molar-refractivity contribution in [1.29, 1.82) is 0 Å². The van der Waals surface area contributed by atoms with Crippen LogP contribution in [0.15, 0.2) is 24.3 Å². The minimum atomic E-state index is 0.794. The van der Waals surface area contributed by atoms with E-state index in [2.05, 4.69) is 17.1 Å². The highest BCUT2D eigenvalue weighted by molar-refractivity contribution is 5.91. The summed E-state index contributed by atoms with van der Waals surface area (Å²) in [4.78, 5) is 12.0. The van der Waals surface area contributed by atoms with E-state index in [1.807, 2.05) is 35.9 Å². The molecule has 1 fully saturated rings. The predicted molar refractivity (Wildman–Crippen MR) is 102 cm³/mol. The van der Waals surface area contributed by atoms with Crippen molar-refractivity contribution in [3.8, 4) is 11.4 Å². The number of ether oxygens (including phenoxy) is 1. The lowest BCUT2D eigenvalue weighted by Crippen LogP contribution is -2.44. The fourth-order valence-electron chi connectivity index (χ4n) is 3.37. The van der Waals surface area contributed by atoms with Gasteiger partial charge >= 0.3 is 0 Å². The number of aromatic nitrogens is 4. The number of anilines is 1. The van der Waals surface area contributed by atoms with E-state index in [1.54, 1.807) is 7.11 Å². The second kappa shape index (κ2) is 6.92. The Labute approximate surface area is 153 Å². The molecule has 7 heteroatoms. The first kappa shape index (κ1) is 16.8. The van der Waals surface area contributed by atoms with Gasteiger partial charge in [0.05, 0.1) is 23.9 Å². The Kier molecular flexibility index (Phi) is 4.46. The molecule has 0 unspecified atom stereocenters.